The standard InChI is InChI=1S/C36H34N4/c1-3-33-13-19-37-25-29-5-7-30(8-6-29)26-38-20-14-34(4-2)36-17-23-40(24-18-36)28-32-11-9-31(10-12-32)27-39-21-15-35(33)16-22-39/h3-24H,1-2,25-28H2/q+2/p+2/b33-13+,34-14+,37-19?,38-20?. The van der Waals surface area contributed by atoms with Crippen LogP contribution < -0.4 is 19.1 Å². The molecule has 4 nitrogen and oxygen atoms in total. The second kappa shape index (κ2) is 13.2. The van der Waals surface area contributed by atoms with Crippen molar-refractivity contribution in [2.24, 2.45) is 0 Å². The Morgan fingerprint density at radius 3 is 1.20 bits per heavy atom. The monoisotopic (exact) mass is 524 g/mol. The average Bonchev–Trinajstić information content (AvgIpc) is 3.00. The zero-order valence-corrected chi connectivity index (χ0v) is 22.8. The number of fused-ring (bicyclic) bond motifs is 2. The first-order chi connectivity index (χ1) is 19.7. The first-order valence-corrected chi connectivity index (χ1v) is 13.6. The van der Waals surface area contributed by atoms with E-state index in [9.17, 15) is 0 Å². The second-order valence-electron chi connectivity index (χ2n) is 9.90. The summed E-state index contributed by atoms with van der Waals surface area (Å²) in [6, 6.07) is 26.1. The molecule has 0 amide bonds. The highest BCUT2D eigenvalue weighted by molar-refractivity contribution is 5.86. The Morgan fingerprint density at radius 2 is 0.850 bits per heavy atom. The van der Waals surface area contributed by atoms with Gasteiger partial charge in [0.25, 0.3) is 0 Å². The van der Waals surface area contributed by atoms with Crippen molar-refractivity contribution in [1.29, 1.82) is 0 Å². The van der Waals surface area contributed by atoms with Crippen molar-refractivity contribution in [3.05, 3.63) is 168 Å². The Hall–Kier alpha value is -4.96. The number of hydrogen-bond acceptors (Lipinski definition) is 0. The summed E-state index contributed by atoms with van der Waals surface area (Å²) in [4.78, 5) is 6.80. The minimum atomic E-state index is 0.761. The molecule has 2 N–H and O–H groups in total. The number of benzene rings is 2. The Labute approximate surface area is 237 Å². The zero-order chi connectivity index (χ0) is 27.6. The van der Waals surface area contributed by atoms with Crippen LogP contribution in [0.25, 0.3) is 11.1 Å². The molecule has 4 aromatic rings. The molecule has 0 saturated heterocycles. The van der Waals surface area contributed by atoms with Gasteiger partial charge in [0.2, 0.25) is 0 Å². The first-order valence-electron chi connectivity index (χ1n) is 13.6. The molecule has 6 aliphatic rings. The van der Waals surface area contributed by atoms with E-state index in [-0.39, 0.29) is 0 Å². The number of hydrogen-bond donors (Lipinski definition) is 2. The van der Waals surface area contributed by atoms with Gasteiger partial charge in [0.15, 0.2) is 63.4 Å². The quantitative estimate of drug-likeness (QED) is 0.378. The molecule has 8 bridgehead atoms. The van der Waals surface area contributed by atoms with Gasteiger partial charge in [-0.05, 0) is 22.3 Å². The molecule has 0 fully saturated rings. The predicted octanol–water partition coefficient (Wildman–Crippen LogP) is 2.51. The molecule has 0 aliphatic carbocycles. The minimum Gasteiger partial charge on any atom is -0.244 e. The van der Waals surface area contributed by atoms with Gasteiger partial charge in [-0.3, -0.25) is 0 Å². The van der Waals surface area contributed by atoms with Crippen LogP contribution in [-0.4, -0.2) is 12.4 Å². The zero-order valence-electron chi connectivity index (χ0n) is 22.8. The van der Waals surface area contributed by atoms with E-state index in [0.29, 0.717) is 0 Å². The molecule has 0 spiro atoms. The maximum absolute atomic E-state index is 4.01. The molecular weight excluding hydrogens is 488 g/mol. The number of rotatable bonds is 2. The molecule has 2 aromatic heterocycles. The van der Waals surface area contributed by atoms with Crippen molar-refractivity contribution in [2.45, 2.75) is 26.2 Å². The predicted molar refractivity (Wildman–Crippen MR) is 162 cm³/mol. The molecule has 0 radical (unpaired) electrons. The van der Waals surface area contributed by atoms with Crippen LogP contribution >= 0.6 is 0 Å². The average molecular weight is 525 g/mol. The van der Waals surface area contributed by atoms with Crippen LogP contribution in [0.15, 0.2) is 135 Å². The van der Waals surface area contributed by atoms with Crippen molar-refractivity contribution in [3.8, 4) is 0 Å². The molecule has 10 rings (SSSR count). The van der Waals surface area contributed by atoms with Crippen LogP contribution in [-0.2, 0) is 26.2 Å². The van der Waals surface area contributed by atoms with E-state index < -0.39 is 0 Å². The van der Waals surface area contributed by atoms with Gasteiger partial charge in [0.05, 0.1) is 0 Å². The van der Waals surface area contributed by atoms with E-state index >= 15 is 0 Å². The summed E-state index contributed by atoms with van der Waals surface area (Å²) < 4.78 is 4.40. The molecule has 196 valence electrons. The van der Waals surface area contributed by atoms with Crippen LogP contribution in [0.3, 0.4) is 0 Å². The van der Waals surface area contributed by atoms with Crippen molar-refractivity contribution in [1.82, 2.24) is 0 Å². The second-order valence-corrected chi connectivity index (χ2v) is 9.90. The van der Waals surface area contributed by atoms with Crippen LogP contribution in [0.5, 0.6) is 0 Å². The summed E-state index contributed by atoms with van der Waals surface area (Å²) in [5, 5.41) is 0. The Bertz CT molecular complexity index is 1450. The lowest BCUT2D eigenvalue weighted by Crippen LogP contribution is -2.67. The van der Waals surface area contributed by atoms with Gasteiger partial charge in [-0.1, -0.05) is 73.8 Å². The van der Waals surface area contributed by atoms with Crippen LogP contribution in [0.4, 0.5) is 0 Å². The summed E-state index contributed by atoms with van der Waals surface area (Å²) in [5.74, 6) is 0. The Morgan fingerprint density at radius 1 is 0.500 bits per heavy atom. The molecule has 0 unspecified atom stereocenters. The molecule has 6 aliphatic heterocycles. The highest BCUT2D eigenvalue weighted by atomic mass is 14.9. The Balaban J connectivity index is 1.42. The van der Waals surface area contributed by atoms with E-state index in [4.69, 9.17) is 0 Å². The van der Waals surface area contributed by atoms with Crippen molar-refractivity contribution in [2.75, 3.05) is 0 Å². The maximum atomic E-state index is 4.01. The van der Waals surface area contributed by atoms with E-state index in [1.54, 1.807) is 0 Å². The SMILES string of the molecule is C=C/C1=C\C=[NH+]Cc2ccc(cc2)C[NH+]=C/C=C(\C=C)c2cc[n+](cc2)Cc2ccc(cc2)C[n+]2ccc1cc2. The van der Waals surface area contributed by atoms with Crippen molar-refractivity contribution in [3.63, 3.8) is 0 Å². The fraction of sp³-hybridized carbons (Fsp3) is 0.111. The smallest absolute Gasteiger partial charge is 0.173 e. The number of pyridine rings is 2. The van der Waals surface area contributed by atoms with E-state index in [0.717, 1.165) is 48.5 Å². The highest BCUT2D eigenvalue weighted by Gasteiger charge is 2.08. The van der Waals surface area contributed by atoms with Gasteiger partial charge in [0, 0.05) is 58.7 Å². The van der Waals surface area contributed by atoms with E-state index in [2.05, 4.69) is 142 Å². The van der Waals surface area contributed by atoms with Crippen LogP contribution in [0.1, 0.15) is 33.4 Å². The molecule has 2 aromatic carbocycles. The molecule has 0 atom stereocenters. The number of nitrogens with zero attached hydrogens (tertiary/aromatic N) is 2. The Kier molecular flexibility index (Phi) is 8.80. The molecule has 8 heterocycles. The maximum Gasteiger partial charge on any atom is 0.173 e. The van der Waals surface area contributed by atoms with Crippen LogP contribution in [0, 0.1) is 0 Å². The van der Waals surface area contributed by atoms with Gasteiger partial charge in [0.1, 0.15) is 0 Å². The lowest BCUT2D eigenvalue weighted by Gasteiger charge is -2.04. The fourth-order valence-electron chi connectivity index (χ4n) is 4.67. The summed E-state index contributed by atoms with van der Waals surface area (Å²) in [6.07, 6.45) is 20.4. The summed E-state index contributed by atoms with van der Waals surface area (Å²) >= 11 is 0. The van der Waals surface area contributed by atoms with Gasteiger partial charge >= 0.3 is 0 Å². The lowest BCUT2D eigenvalue weighted by molar-refractivity contribution is -0.689. The van der Waals surface area contributed by atoms with Crippen LogP contribution in [0.2, 0.25) is 0 Å². The number of nitrogens with one attached hydrogen (secondary N) is 2. The number of allylic oxidation sites excluding steroid dienone is 6. The molecule has 4 heteroatoms. The van der Waals surface area contributed by atoms with Crippen molar-refractivity contribution >= 4 is 23.6 Å². The molecule has 40 heavy (non-hydrogen) atoms. The van der Waals surface area contributed by atoms with Crippen molar-refractivity contribution < 1.29 is 19.1 Å². The largest absolute Gasteiger partial charge is 0.244 e. The minimum absolute atomic E-state index is 0.761. The van der Waals surface area contributed by atoms with Gasteiger partial charge in [-0.25, -0.2) is 19.1 Å². The molecule has 0 saturated carbocycles. The topological polar surface area (TPSA) is 35.7 Å². The normalized spacial score (nSPS) is 16.5. The number of aromatic nitrogens is 2. The molecular formula is C36H36N4+4. The van der Waals surface area contributed by atoms with Gasteiger partial charge in [-0.15, -0.1) is 0 Å². The lowest BCUT2D eigenvalue weighted by atomic mass is 10.1. The summed E-state index contributed by atoms with van der Waals surface area (Å²) in [5.41, 5.74) is 9.43. The third-order valence-corrected chi connectivity index (χ3v) is 7.04. The summed E-state index contributed by atoms with van der Waals surface area (Å²) in [7, 11) is 0. The van der Waals surface area contributed by atoms with Gasteiger partial charge < -0.3 is 0 Å². The fourth-order valence-corrected chi connectivity index (χ4v) is 4.67. The van der Waals surface area contributed by atoms with E-state index in [1.165, 1.54) is 22.3 Å². The van der Waals surface area contributed by atoms with Gasteiger partial charge in [-0.2, -0.15) is 0 Å². The first kappa shape index (κ1) is 26.6. The van der Waals surface area contributed by atoms with E-state index in [1.807, 2.05) is 24.6 Å². The third-order valence-electron chi connectivity index (χ3n) is 7.04. The highest BCUT2D eigenvalue weighted by Crippen LogP contribution is 2.14. The third kappa shape index (κ3) is 7.12. The summed E-state index contributed by atoms with van der Waals surface area (Å²) in [6.45, 7) is 11.2.